The highest BCUT2D eigenvalue weighted by Gasteiger charge is 2.44. The molecule has 1 atom stereocenters. The largest absolute Gasteiger partial charge is 0.467 e. The number of hydrogen-bond acceptors (Lipinski definition) is 3. The summed E-state index contributed by atoms with van der Waals surface area (Å²) < 4.78 is 37.6. The molecule has 0 unspecified atom stereocenters. The maximum absolute atomic E-state index is 11.3. The third kappa shape index (κ3) is 2.22. The minimum Gasteiger partial charge on any atom is -0.467 e. The molecule has 60 valence electrons. The van der Waals surface area contributed by atoms with Crippen molar-refractivity contribution in [2.75, 3.05) is 7.11 Å². The summed E-state index contributed by atoms with van der Waals surface area (Å²) in [7, 11) is 0.761. The molecule has 0 saturated carbocycles. The minimum absolute atomic E-state index is 0.761. The van der Waals surface area contributed by atoms with Crippen LogP contribution in [0.1, 0.15) is 0 Å². The Labute approximate surface area is 54.4 Å². The lowest BCUT2D eigenvalue weighted by Crippen LogP contribution is -2.37. The van der Waals surface area contributed by atoms with Gasteiger partial charge in [-0.05, 0) is 0 Å². The van der Waals surface area contributed by atoms with Crippen LogP contribution in [-0.2, 0) is 9.53 Å². The number of carbonyl (C=O) groups is 1. The molecule has 0 fully saturated rings. The van der Waals surface area contributed by atoms with Gasteiger partial charge in [0.25, 0.3) is 0 Å². The summed E-state index contributed by atoms with van der Waals surface area (Å²) in [6.07, 6.45) is -7.97. The van der Waals surface area contributed by atoms with Crippen LogP contribution in [-0.4, -0.2) is 30.5 Å². The second-order valence-electron chi connectivity index (χ2n) is 1.47. The molecule has 0 radical (unpaired) electrons. The number of hydrogen-bond donors (Lipinski definition) is 1. The van der Waals surface area contributed by atoms with Crippen LogP contribution in [0.3, 0.4) is 0 Å². The normalized spacial score (nSPS) is 14.5. The first-order valence-corrected chi connectivity index (χ1v) is 2.22. The zero-order valence-electron chi connectivity index (χ0n) is 4.97. The van der Waals surface area contributed by atoms with Crippen molar-refractivity contribution in [1.29, 1.82) is 0 Å². The summed E-state index contributed by atoms with van der Waals surface area (Å²) in [4.78, 5) is 9.97. The van der Waals surface area contributed by atoms with Gasteiger partial charge in [0, 0.05) is 0 Å². The topological polar surface area (TPSA) is 46.5 Å². The molecule has 0 aromatic rings. The lowest BCUT2D eigenvalue weighted by Gasteiger charge is -2.10. The molecule has 1 N–H and O–H groups in total. The molecule has 0 aromatic heterocycles. The van der Waals surface area contributed by atoms with E-state index in [1.165, 1.54) is 0 Å². The van der Waals surface area contributed by atoms with Crippen LogP contribution in [0, 0.1) is 0 Å². The molecule has 10 heavy (non-hydrogen) atoms. The van der Waals surface area contributed by atoms with Crippen LogP contribution in [0.25, 0.3) is 0 Å². The van der Waals surface area contributed by atoms with Gasteiger partial charge in [0.2, 0.25) is 6.10 Å². The second kappa shape index (κ2) is 2.87. The van der Waals surface area contributed by atoms with Gasteiger partial charge in [-0.3, -0.25) is 0 Å². The molecule has 6 heteroatoms. The van der Waals surface area contributed by atoms with Crippen molar-refractivity contribution in [2.24, 2.45) is 0 Å². The van der Waals surface area contributed by atoms with Crippen LogP contribution in [0.15, 0.2) is 0 Å². The summed E-state index contributed by atoms with van der Waals surface area (Å²) in [6.45, 7) is 0. The summed E-state index contributed by atoms with van der Waals surface area (Å²) in [5, 5.41) is 8.05. The van der Waals surface area contributed by atoms with Gasteiger partial charge >= 0.3 is 12.1 Å². The van der Waals surface area contributed by atoms with Crippen molar-refractivity contribution in [3.05, 3.63) is 0 Å². The zero-order chi connectivity index (χ0) is 8.36. The van der Waals surface area contributed by atoms with E-state index in [1.807, 2.05) is 0 Å². The maximum Gasteiger partial charge on any atom is 0.425 e. The van der Waals surface area contributed by atoms with Gasteiger partial charge in [0.05, 0.1) is 7.11 Å². The van der Waals surface area contributed by atoms with Crippen molar-refractivity contribution in [3.8, 4) is 0 Å². The fraction of sp³-hybridized carbons (Fsp3) is 0.750. The van der Waals surface area contributed by atoms with E-state index < -0.39 is 18.2 Å². The SMILES string of the molecule is COC(=O)[C@@H](O)C(F)(F)F. The van der Waals surface area contributed by atoms with E-state index in [9.17, 15) is 18.0 Å². The molecule has 0 aliphatic rings. The number of alkyl halides is 3. The van der Waals surface area contributed by atoms with E-state index >= 15 is 0 Å². The van der Waals surface area contributed by atoms with Crippen LogP contribution < -0.4 is 0 Å². The van der Waals surface area contributed by atoms with Gasteiger partial charge in [-0.2, -0.15) is 13.2 Å². The van der Waals surface area contributed by atoms with Crippen LogP contribution in [0.2, 0.25) is 0 Å². The van der Waals surface area contributed by atoms with Crippen molar-refractivity contribution < 1.29 is 27.8 Å². The Bertz CT molecular complexity index is 130. The fourth-order valence-electron chi connectivity index (χ4n) is 0.245. The van der Waals surface area contributed by atoms with Crippen molar-refractivity contribution in [1.82, 2.24) is 0 Å². The molecule has 0 saturated heterocycles. The Morgan fingerprint density at radius 2 is 2.00 bits per heavy atom. The highest BCUT2D eigenvalue weighted by molar-refractivity contribution is 5.75. The van der Waals surface area contributed by atoms with Crippen LogP contribution in [0.4, 0.5) is 13.2 Å². The molecular formula is C4H5F3O3. The number of halogens is 3. The number of rotatable bonds is 1. The molecule has 0 amide bonds. The standard InChI is InChI=1S/C4H5F3O3/c1-10-3(9)2(8)4(5,6)7/h2,8H,1H3/t2-/m1/s1. The number of ether oxygens (including phenoxy) is 1. The summed E-state index contributed by atoms with van der Waals surface area (Å²) >= 11 is 0. The number of carbonyl (C=O) groups excluding carboxylic acids is 1. The average molecular weight is 158 g/mol. The number of aliphatic hydroxyl groups excluding tert-OH is 1. The van der Waals surface area contributed by atoms with E-state index in [2.05, 4.69) is 4.74 Å². The molecular weight excluding hydrogens is 153 g/mol. The van der Waals surface area contributed by atoms with Gasteiger partial charge in [-0.25, -0.2) is 4.79 Å². The second-order valence-corrected chi connectivity index (χ2v) is 1.47. The first-order valence-electron chi connectivity index (χ1n) is 2.22. The lowest BCUT2D eigenvalue weighted by atomic mass is 10.3. The lowest BCUT2D eigenvalue weighted by molar-refractivity contribution is -0.216. The molecule has 0 aliphatic carbocycles. The summed E-state index contributed by atoms with van der Waals surface area (Å²) in [5.41, 5.74) is 0. The Hall–Kier alpha value is -0.780. The average Bonchev–Trinajstić information content (AvgIpc) is 1.83. The third-order valence-corrected chi connectivity index (χ3v) is 0.734. The van der Waals surface area contributed by atoms with E-state index in [1.54, 1.807) is 0 Å². The molecule has 0 aromatic carbocycles. The van der Waals surface area contributed by atoms with Crippen LogP contribution in [0.5, 0.6) is 0 Å². The molecule has 0 spiro atoms. The van der Waals surface area contributed by atoms with E-state index in [0.717, 1.165) is 7.11 Å². The Balaban J connectivity index is 4.08. The molecule has 0 heterocycles. The monoisotopic (exact) mass is 158 g/mol. The van der Waals surface area contributed by atoms with E-state index in [-0.39, 0.29) is 0 Å². The first kappa shape index (κ1) is 9.22. The van der Waals surface area contributed by atoms with E-state index in [4.69, 9.17) is 5.11 Å². The smallest absolute Gasteiger partial charge is 0.425 e. The van der Waals surface area contributed by atoms with Gasteiger partial charge in [0.1, 0.15) is 0 Å². The fourth-order valence-corrected chi connectivity index (χ4v) is 0.245. The van der Waals surface area contributed by atoms with E-state index in [0.29, 0.717) is 0 Å². The predicted molar refractivity (Wildman–Crippen MR) is 24.1 cm³/mol. The van der Waals surface area contributed by atoms with Gasteiger partial charge in [-0.15, -0.1) is 0 Å². The quantitative estimate of drug-likeness (QED) is 0.550. The number of aliphatic hydroxyl groups is 1. The van der Waals surface area contributed by atoms with Gasteiger partial charge < -0.3 is 9.84 Å². The summed E-state index contributed by atoms with van der Waals surface area (Å²) in [6, 6.07) is 0. The predicted octanol–water partition coefficient (Wildman–Crippen LogP) is 0.0826. The van der Waals surface area contributed by atoms with Crippen LogP contribution >= 0.6 is 0 Å². The number of esters is 1. The maximum atomic E-state index is 11.3. The van der Waals surface area contributed by atoms with Crippen molar-refractivity contribution >= 4 is 5.97 Å². The first-order chi connectivity index (χ1) is 4.39. The summed E-state index contributed by atoms with van der Waals surface area (Å²) in [5.74, 6) is -1.70. The Morgan fingerprint density at radius 3 is 2.10 bits per heavy atom. The molecule has 0 bridgehead atoms. The Kier molecular flexibility index (Phi) is 2.65. The molecule has 0 aliphatic heterocycles. The van der Waals surface area contributed by atoms with Crippen molar-refractivity contribution in [3.63, 3.8) is 0 Å². The molecule has 0 rings (SSSR count). The Morgan fingerprint density at radius 1 is 1.60 bits per heavy atom. The third-order valence-electron chi connectivity index (χ3n) is 0.734. The highest BCUT2D eigenvalue weighted by Crippen LogP contribution is 2.20. The highest BCUT2D eigenvalue weighted by atomic mass is 19.4. The zero-order valence-corrected chi connectivity index (χ0v) is 4.97. The van der Waals surface area contributed by atoms with Gasteiger partial charge in [0.15, 0.2) is 0 Å². The molecule has 3 nitrogen and oxygen atoms in total. The van der Waals surface area contributed by atoms with Gasteiger partial charge in [-0.1, -0.05) is 0 Å². The number of methoxy groups -OCH3 is 1. The van der Waals surface area contributed by atoms with Crippen molar-refractivity contribution in [2.45, 2.75) is 12.3 Å². The minimum atomic E-state index is -4.94.